The van der Waals surface area contributed by atoms with Gasteiger partial charge in [0.1, 0.15) is 0 Å². The second-order valence-electron chi connectivity index (χ2n) is 4.11. The topological polar surface area (TPSA) is 0 Å². The Morgan fingerprint density at radius 1 is 1.00 bits per heavy atom. The molecule has 0 aliphatic carbocycles. The van der Waals surface area contributed by atoms with E-state index < -0.39 is 0 Å². The summed E-state index contributed by atoms with van der Waals surface area (Å²) in [5.41, 5.74) is 2.76. The van der Waals surface area contributed by atoms with Gasteiger partial charge in [0.05, 0.1) is 0 Å². The molecule has 0 aliphatic rings. The van der Waals surface area contributed by atoms with E-state index in [1.165, 1.54) is 27.8 Å². The Kier molecular flexibility index (Phi) is 2.77. The van der Waals surface area contributed by atoms with Crippen molar-refractivity contribution in [1.82, 2.24) is 0 Å². The zero-order chi connectivity index (χ0) is 10.8. The molecular weight excluding hydrogens is 180 g/mol. The first-order chi connectivity index (χ1) is 7.24. The van der Waals surface area contributed by atoms with Crippen molar-refractivity contribution in [3.05, 3.63) is 53.4 Å². The number of fused-ring (bicyclic) bond motifs is 1. The van der Waals surface area contributed by atoms with Gasteiger partial charge < -0.3 is 0 Å². The first-order valence-electron chi connectivity index (χ1n) is 5.55. The number of hydrogen-bond donors (Lipinski definition) is 0. The van der Waals surface area contributed by atoms with Gasteiger partial charge in [-0.05, 0) is 35.2 Å². The fraction of sp³-hybridized carbons (Fsp3) is 0.267. The van der Waals surface area contributed by atoms with Crippen molar-refractivity contribution in [3.8, 4) is 0 Å². The molecule has 77 valence electrons. The van der Waals surface area contributed by atoms with E-state index in [4.69, 9.17) is 0 Å². The van der Waals surface area contributed by atoms with Crippen molar-refractivity contribution < 1.29 is 0 Å². The molecule has 0 aromatic heterocycles. The second-order valence-corrected chi connectivity index (χ2v) is 4.11. The van der Waals surface area contributed by atoms with Crippen LogP contribution in [0.15, 0.2) is 36.4 Å². The zero-order valence-electron chi connectivity index (χ0n) is 9.67. The van der Waals surface area contributed by atoms with Crippen LogP contribution < -0.4 is 0 Å². The van der Waals surface area contributed by atoms with E-state index in [-0.39, 0.29) is 0 Å². The Morgan fingerprint density at radius 3 is 2.33 bits per heavy atom. The van der Waals surface area contributed by atoms with E-state index in [2.05, 4.69) is 57.2 Å². The molecule has 0 unspecified atom stereocenters. The van der Waals surface area contributed by atoms with Crippen molar-refractivity contribution in [2.75, 3.05) is 0 Å². The van der Waals surface area contributed by atoms with Crippen molar-refractivity contribution >= 4 is 10.8 Å². The van der Waals surface area contributed by atoms with Crippen LogP contribution in [-0.4, -0.2) is 0 Å². The summed E-state index contributed by atoms with van der Waals surface area (Å²) < 4.78 is 0. The molecule has 0 bridgehead atoms. The van der Waals surface area contributed by atoms with Crippen LogP contribution in [0.2, 0.25) is 0 Å². The summed E-state index contributed by atoms with van der Waals surface area (Å²) in [4.78, 5) is 0. The van der Waals surface area contributed by atoms with E-state index in [0.717, 1.165) is 6.42 Å². The molecule has 0 atom stereocenters. The summed E-state index contributed by atoms with van der Waals surface area (Å²) >= 11 is 0. The highest BCUT2D eigenvalue weighted by molar-refractivity contribution is 5.90. The van der Waals surface area contributed by atoms with Crippen molar-refractivity contribution in [2.45, 2.75) is 27.2 Å². The SMILES string of the molecule is CC[C](C)c1ccc(C)c2ccccc12. The molecule has 1 radical (unpaired) electrons. The molecule has 15 heavy (non-hydrogen) atoms. The Labute approximate surface area is 91.9 Å². The maximum Gasteiger partial charge on any atom is 0.00225 e. The van der Waals surface area contributed by atoms with Gasteiger partial charge in [0, 0.05) is 5.92 Å². The molecular formula is C15H17. The van der Waals surface area contributed by atoms with Crippen LogP contribution in [0.4, 0.5) is 0 Å². The number of benzene rings is 2. The molecule has 0 N–H and O–H groups in total. The van der Waals surface area contributed by atoms with Crippen LogP contribution in [0.5, 0.6) is 0 Å². The molecule has 0 saturated carbocycles. The summed E-state index contributed by atoms with van der Waals surface area (Å²) in [6, 6.07) is 13.1. The van der Waals surface area contributed by atoms with E-state index in [1.807, 2.05) is 0 Å². The van der Waals surface area contributed by atoms with Crippen LogP contribution in [0.3, 0.4) is 0 Å². The summed E-state index contributed by atoms with van der Waals surface area (Å²) in [6.07, 6.45) is 1.12. The third-order valence-corrected chi connectivity index (χ3v) is 3.13. The van der Waals surface area contributed by atoms with Crippen LogP contribution in [0.1, 0.15) is 31.4 Å². The van der Waals surface area contributed by atoms with Gasteiger partial charge in [-0.1, -0.05) is 50.2 Å². The first-order valence-corrected chi connectivity index (χ1v) is 5.55. The van der Waals surface area contributed by atoms with Gasteiger partial charge in [-0.2, -0.15) is 0 Å². The molecule has 2 aromatic carbocycles. The first kappa shape index (κ1) is 10.2. The van der Waals surface area contributed by atoms with Gasteiger partial charge in [-0.15, -0.1) is 0 Å². The minimum atomic E-state index is 1.12. The molecule has 0 saturated heterocycles. The molecule has 0 amide bonds. The Hall–Kier alpha value is -1.30. The summed E-state index contributed by atoms with van der Waals surface area (Å²) in [7, 11) is 0. The van der Waals surface area contributed by atoms with Gasteiger partial charge in [-0.25, -0.2) is 0 Å². The van der Waals surface area contributed by atoms with Gasteiger partial charge in [0.25, 0.3) is 0 Å². The van der Waals surface area contributed by atoms with Crippen LogP contribution >= 0.6 is 0 Å². The Morgan fingerprint density at radius 2 is 1.67 bits per heavy atom. The van der Waals surface area contributed by atoms with E-state index >= 15 is 0 Å². The minimum Gasteiger partial charge on any atom is -0.0645 e. The predicted octanol–water partition coefficient (Wildman–Crippen LogP) is 4.50. The van der Waals surface area contributed by atoms with E-state index in [9.17, 15) is 0 Å². The van der Waals surface area contributed by atoms with Crippen LogP contribution in [0, 0.1) is 12.8 Å². The average molecular weight is 197 g/mol. The van der Waals surface area contributed by atoms with Crippen LogP contribution in [0.25, 0.3) is 10.8 Å². The monoisotopic (exact) mass is 197 g/mol. The zero-order valence-corrected chi connectivity index (χ0v) is 9.67. The predicted molar refractivity (Wildman–Crippen MR) is 67.0 cm³/mol. The van der Waals surface area contributed by atoms with Crippen molar-refractivity contribution in [2.24, 2.45) is 0 Å². The molecule has 2 aromatic rings. The Balaban J connectivity index is 2.71. The Bertz CT molecular complexity index is 468. The summed E-state index contributed by atoms with van der Waals surface area (Å²) in [5, 5.41) is 2.76. The number of rotatable bonds is 2. The van der Waals surface area contributed by atoms with Crippen molar-refractivity contribution in [1.29, 1.82) is 0 Å². The van der Waals surface area contributed by atoms with Gasteiger partial charge in [0.15, 0.2) is 0 Å². The third kappa shape index (κ3) is 1.77. The molecule has 2 rings (SSSR count). The van der Waals surface area contributed by atoms with Crippen LogP contribution in [-0.2, 0) is 0 Å². The summed E-state index contributed by atoms with van der Waals surface area (Å²) in [6.45, 7) is 6.61. The highest BCUT2D eigenvalue weighted by atomic mass is 14.1. The average Bonchev–Trinajstić information content (AvgIpc) is 2.29. The molecule has 0 fully saturated rings. The minimum absolute atomic E-state index is 1.12. The molecule has 0 aliphatic heterocycles. The maximum atomic E-state index is 2.25. The molecule has 0 nitrogen and oxygen atoms in total. The highest BCUT2D eigenvalue weighted by Crippen LogP contribution is 2.28. The van der Waals surface area contributed by atoms with Gasteiger partial charge in [-0.3, -0.25) is 0 Å². The lowest BCUT2D eigenvalue weighted by molar-refractivity contribution is 0.964. The second kappa shape index (κ2) is 4.06. The molecule has 0 heteroatoms. The van der Waals surface area contributed by atoms with E-state index in [1.54, 1.807) is 0 Å². The smallest absolute Gasteiger partial charge is 0.00225 e. The third-order valence-electron chi connectivity index (χ3n) is 3.13. The lowest BCUT2D eigenvalue weighted by Crippen LogP contribution is -1.94. The fourth-order valence-electron chi connectivity index (χ4n) is 2.01. The largest absolute Gasteiger partial charge is 0.0645 e. The lowest BCUT2D eigenvalue weighted by atomic mass is 9.91. The van der Waals surface area contributed by atoms with Crippen molar-refractivity contribution in [3.63, 3.8) is 0 Å². The highest BCUT2D eigenvalue weighted by Gasteiger charge is 2.08. The van der Waals surface area contributed by atoms with Gasteiger partial charge in [0.2, 0.25) is 0 Å². The maximum absolute atomic E-state index is 2.25. The summed E-state index contributed by atoms with van der Waals surface area (Å²) in [5.74, 6) is 1.46. The van der Waals surface area contributed by atoms with E-state index in [0.29, 0.717) is 0 Å². The van der Waals surface area contributed by atoms with Gasteiger partial charge >= 0.3 is 0 Å². The lowest BCUT2D eigenvalue weighted by Gasteiger charge is -2.13. The number of aryl methyl sites for hydroxylation is 1. The standard InChI is InChI=1S/C15H17/c1-4-11(2)14-10-9-12(3)13-7-5-6-8-15(13)14/h5-10H,4H2,1-3H3. The molecule has 0 heterocycles. The normalized spacial score (nSPS) is 11.2. The molecule has 0 spiro atoms. The fourth-order valence-corrected chi connectivity index (χ4v) is 2.01. The quantitative estimate of drug-likeness (QED) is 0.665. The number of hydrogen-bond acceptors (Lipinski definition) is 0.